The minimum atomic E-state index is 0.0256. The van der Waals surface area contributed by atoms with Gasteiger partial charge in [-0.25, -0.2) is 4.79 Å². The molecule has 1 aromatic carbocycles. The monoisotopic (exact) mass is 345 g/mol. The normalized spacial score (nSPS) is 19.7. The minimum absolute atomic E-state index is 0.0256. The van der Waals surface area contributed by atoms with E-state index in [4.69, 9.17) is 5.11 Å². The Morgan fingerprint density at radius 1 is 1.16 bits per heavy atom. The van der Waals surface area contributed by atoms with Crippen molar-refractivity contribution in [3.8, 4) is 0 Å². The molecule has 2 amide bonds. The number of benzene rings is 1. The number of likely N-dealkylation sites (tertiary alicyclic amines) is 1. The smallest absolute Gasteiger partial charge is 0.317 e. The fourth-order valence-electron chi connectivity index (χ4n) is 3.57. The molecule has 5 heteroatoms. The van der Waals surface area contributed by atoms with Crippen LogP contribution in [-0.2, 0) is 5.41 Å². The number of rotatable bonds is 3. The van der Waals surface area contributed by atoms with E-state index in [9.17, 15) is 4.79 Å². The lowest BCUT2D eigenvalue weighted by Crippen LogP contribution is -2.57. The fraction of sp³-hybridized carbons (Fsp3) is 0.650. The van der Waals surface area contributed by atoms with Crippen LogP contribution in [-0.4, -0.2) is 54.9 Å². The molecule has 2 N–H and O–H groups in total. The first-order valence-electron chi connectivity index (χ1n) is 9.38. The number of piperidine rings is 1. The average molecular weight is 345 g/mol. The van der Waals surface area contributed by atoms with E-state index in [1.807, 2.05) is 0 Å². The molecule has 0 radical (unpaired) electrons. The third kappa shape index (κ3) is 4.27. The molecule has 2 fully saturated rings. The van der Waals surface area contributed by atoms with Crippen molar-refractivity contribution in [2.24, 2.45) is 5.92 Å². The maximum atomic E-state index is 12.2. The highest BCUT2D eigenvalue weighted by atomic mass is 16.3. The van der Waals surface area contributed by atoms with Gasteiger partial charge in [0.05, 0.1) is 0 Å². The summed E-state index contributed by atoms with van der Waals surface area (Å²) in [5.41, 5.74) is 2.81. The summed E-state index contributed by atoms with van der Waals surface area (Å²) in [6, 6.07) is 9.17. The SMILES string of the molecule is CC(C)(C)c1ccc(N2CCC(NC(=O)N3CC(CO)C3)CC2)cc1. The zero-order valence-electron chi connectivity index (χ0n) is 15.7. The van der Waals surface area contributed by atoms with E-state index < -0.39 is 0 Å². The molecule has 0 aromatic heterocycles. The van der Waals surface area contributed by atoms with E-state index in [2.05, 4.69) is 55.3 Å². The van der Waals surface area contributed by atoms with E-state index in [1.165, 1.54) is 11.3 Å². The van der Waals surface area contributed by atoms with Crippen LogP contribution in [0.4, 0.5) is 10.5 Å². The standard InChI is InChI=1S/C20H31N3O2/c1-20(2,3)16-4-6-18(7-5-16)22-10-8-17(9-11-22)21-19(25)23-12-15(13-23)14-24/h4-7,15,17,24H,8-14H2,1-3H3,(H,21,25). The Morgan fingerprint density at radius 3 is 2.28 bits per heavy atom. The van der Waals surface area contributed by atoms with Crippen LogP contribution in [0.25, 0.3) is 0 Å². The summed E-state index contributed by atoms with van der Waals surface area (Å²) < 4.78 is 0. The van der Waals surface area contributed by atoms with Crippen LogP contribution in [0.5, 0.6) is 0 Å². The number of carbonyl (C=O) groups is 1. The van der Waals surface area contributed by atoms with Gasteiger partial charge < -0.3 is 20.2 Å². The van der Waals surface area contributed by atoms with Crippen molar-refractivity contribution in [1.82, 2.24) is 10.2 Å². The molecule has 0 spiro atoms. The second kappa shape index (κ2) is 7.24. The van der Waals surface area contributed by atoms with Crippen molar-refractivity contribution >= 4 is 11.7 Å². The molecule has 2 heterocycles. The van der Waals surface area contributed by atoms with Crippen molar-refractivity contribution < 1.29 is 9.90 Å². The second-order valence-electron chi connectivity index (χ2n) is 8.46. The van der Waals surface area contributed by atoms with Crippen LogP contribution in [0.3, 0.4) is 0 Å². The van der Waals surface area contributed by atoms with Crippen LogP contribution >= 0.6 is 0 Å². The predicted molar refractivity (Wildman–Crippen MR) is 101 cm³/mol. The lowest BCUT2D eigenvalue weighted by atomic mass is 9.87. The van der Waals surface area contributed by atoms with E-state index in [0.29, 0.717) is 13.1 Å². The molecule has 138 valence electrons. The quantitative estimate of drug-likeness (QED) is 0.885. The molecule has 2 saturated heterocycles. The van der Waals surface area contributed by atoms with Crippen LogP contribution < -0.4 is 10.2 Å². The number of hydrogen-bond acceptors (Lipinski definition) is 3. The molecule has 0 bridgehead atoms. The number of nitrogens with one attached hydrogen (secondary N) is 1. The summed E-state index contributed by atoms with van der Waals surface area (Å²) in [6.45, 7) is 10.2. The molecule has 0 saturated carbocycles. The van der Waals surface area contributed by atoms with Crippen LogP contribution in [0.1, 0.15) is 39.2 Å². The number of anilines is 1. The molecule has 3 rings (SSSR count). The summed E-state index contributed by atoms with van der Waals surface area (Å²) in [5.74, 6) is 0.267. The Balaban J connectivity index is 1.46. The number of carbonyl (C=O) groups excluding carboxylic acids is 1. The van der Waals surface area contributed by atoms with E-state index in [0.717, 1.165) is 25.9 Å². The van der Waals surface area contributed by atoms with E-state index >= 15 is 0 Å². The molecule has 5 nitrogen and oxygen atoms in total. The summed E-state index contributed by atoms with van der Waals surface area (Å²) in [4.78, 5) is 16.4. The van der Waals surface area contributed by atoms with Gasteiger partial charge in [0.2, 0.25) is 0 Å². The lowest BCUT2D eigenvalue weighted by molar-refractivity contribution is 0.0758. The highest BCUT2D eigenvalue weighted by molar-refractivity contribution is 5.75. The van der Waals surface area contributed by atoms with Gasteiger partial charge in [0, 0.05) is 50.4 Å². The molecule has 0 aliphatic carbocycles. The first kappa shape index (κ1) is 18.1. The highest BCUT2D eigenvalue weighted by Gasteiger charge is 2.31. The topological polar surface area (TPSA) is 55.8 Å². The Bertz CT molecular complexity index is 580. The largest absolute Gasteiger partial charge is 0.396 e. The number of aliphatic hydroxyl groups is 1. The van der Waals surface area contributed by atoms with Gasteiger partial charge in [-0.15, -0.1) is 0 Å². The van der Waals surface area contributed by atoms with Crippen molar-refractivity contribution in [1.29, 1.82) is 0 Å². The van der Waals surface area contributed by atoms with Gasteiger partial charge >= 0.3 is 6.03 Å². The Morgan fingerprint density at radius 2 is 1.76 bits per heavy atom. The van der Waals surface area contributed by atoms with Crippen molar-refractivity contribution in [3.63, 3.8) is 0 Å². The predicted octanol–water partition coefficient (Wildman–Crippen LogP) is 2.59. The molecular weight excluding hydrogens is 314 g/mol. The van der Waals surface area contributed by atoms with Gasteiger partial charge in [-0.05, 0) is 36.0 Å². The zero-order chi connectivity index (χ0) is 18.0. The number of hydrogen-bond donors (Lipinski definition) is 2. The van der Waals surface area contributed by atoms with Gasteiger partial charge in [0.25, 0.3) is 0 Å². The average Bonchev–Trinajstić information content (AvgIpc) is 2.54. The van der Waals surface area contributed by atoms with Gasteiger partial charge in [-0.1, -0.05) is 32.9 Å². The molecule has 2 aliphatic rings. The number of amides is 2. The highest BCUT2D eigenvalue weighted by Crippen LogP contribution is 2.26. The second-order valence-corrected chi connectivity index (χ2v) is 8.46. The summed E-state index contributed by atoms with van der Waals surface area (Å²) >= 11 is 0. The molecule has 0 unspecified atom stereocenters. The number of nitrogens with zero attached hydrogens (tertiary/aromatic N) is 2. The Hall–Kier alpha value is -1.75. The number of aliphatic hydroxyl groups excluding tert-OH is 1. The molecule has 25 heavy (non-hydrogen) atoms. The summed E-state index contributed by atoms with van der Waals surface area (Å²) in [7, 11) is 0. The molecular formula is C20H31N3O2. The first-order chi connectivity index (χ1) is 11.9. The molecule has 0 atom stereocenters. The zero-order valence-corrected chi connectivity index (χ0v) is 15.7. The van der Waals surface area contributed by atoms with E-state index in [1.54, 1.807) is 4.90 Å². The summed E-state index contributed by atoms with van der Waals surface area (Å²) in [5, 5.41) is 12.2. The molecule has 1 aromatic rings. The van der Waals surface area contributed by atoms with Crippen molar-refractivity contribution in [2.75, 3.05) is 37.7 Å². The Kier molecular flexibility index (Phi) is 5.23. The third-order valence-corrected chi connectivity index (χ3v) is 5.42. The van der Waals surface area contributed by atoms with Crippen molar-refractivity contribution in [3.05, 3.63) is 29.8 Å². The van der Waals surface area contributed by atoms with Gasteiger partial charge in [-0.3, -0.25) is 0 Å². The minimum Gasteiger partial charge on any atom is -0.396 e. The molecule has 2 aliphatic heterocycles. The van der Waals surface area contributed by atoms with Crippen LogP contribution in [0.2, 0.25) is 0 Å². The fourth-order valence-corrected chi connectivity index (χ4v) is 3.57. The van der Waals surface area contributed by atoms with Crippen molar-refractivity contribution in [2.45, 2.75) is 45.1 Å². The maximum Gasteiger partial charge on any atom is 0.317 e. The van der Waals surface area contributed by atoms with Gasteiger partial charge in [-0.2, -0.15) is 0 Å². The van der Waals surface area contributed by atoms with Gasteiger partial charge in [0.15, 0.2) is 0 Å². The van der Waals surface area contributed by atoms with Crippen LogP contribution in [0, 0.1) is 5.92 Å². The van der Waals surface area contributed by atoms with Gasteiger partial charge in [0.1, 0.15) is 0 Å². The van der Waals surface area contributed by atoms with E-state index in [-0.39, 0.29) is 30.0 Å². The lowest BCUT2D eigenvalue weighted by Gasteiger charge is -2.40. The van der Waals surface area contributed by atoms with Crippen LogP contribution in [0.15, 0.2) is 24.3 Å². The summed E-state index contributed by atoms with van der Waals surface area (Å²) in [6.07, 6.45) is 1.95. The maximum absolute atomic E-state index is 12.2. The first-order valence-corrected chi connectivity index (χ1v) is 9.38. The number of urea groups is 1. The Labute approximate surface area is 151 Å². The third-order valence-electron chi connectivity index (χ3n) is 5.42.